The second-order valence-electron chi connectivity index (χ2n) is 4.71. The zero-order valence-corrected chi connectivity index (χ0v) is 13.2. The Labute approximate surface area is 127 Å². The van der Waals surface area contributed by atoms with Crippen LogP contribution >= 0.6 is 15.9 Å². The van der Waals surface area contributed by atoms with Crippen LogP contribution in [0.25, 0.3) is 0 Å². The quantitative estimate of drug-likeness (QED) is 0.890. The molecule has 0 aliphatic carbocycles. The summed E-state index contributed by atoms with van der Waals surface area (Å²) in [6, 6.07) is 7.08. The second-order valence-corrected chi connectivity index (χ2v) is 5.56. The first-order valence-corrected chi connectivity index (χ1v) is 7.49. The Bertz CT molecular complexity index is 586. The summed E-state index contributed by atoms with van der Waals surface area (Å²) in [4.78, 5) is 4.18. The van der Waals surface area contributed by atoms with Crippen LogP contribution in [0.2, 0.25) is 0 Å². The van der Waals surface area contributed by atoms with Gasteiger partial charge in [0.2, 0.25) is 0 Å². The minimum absolute atomic E-state index is 0.190. The highest BCUT2D eigenvalue weighted by Crippen LogP contribution is 2.26. The normalized spacial score (nSPS) is 12.4. The van der Waals surface area contributed by atoms with Crippen molar-refractivity contribution >= 4 is 15.9 Å². The van der Waals surface area contributed by atoms with E-state index in [1.54, 1.807) is 0 Å². The minimum atomic E-state index is -0.222. The van der Waals surface area contributed by atoms with Gasteiger partial charge in [-0.3, -0.25) is 4.98 Å². The molecule has 0 aliphatic rings. The summed E-state index contributed by atoms with van der Waals surface area (Å²) < 4.78 is 14.0. The molecule has 0 saturated carbocycles. The van der Waals surface area contributed by atoms with Crippen molar-refractivity contribution in [2.24, 2.45) is 0 Å². The van der Waals surface area contributed by atoms with Crippen molar-refractivity contribution in [2.75, 3.05) is 7.05 Å². The molecular weight excluding hydrogens is 319 g/mol. The van der Waals surface area contributed by atoms with Gasteiger partial charge in [0.15, 0.2) is 0 Å². The number of nitrogens with one attached hydrogen (secondary N) is 1. The van der Waals surface area contributed by atoms with Crippen molar-refractivity contribution in [2.45, 2.75) is 25.8 Å². The molecule has 0 radical (unpaired) electrons. The van der Waals surface area contributed by atoms with Crippen molar-refractivity contribution in [3.8, 4) is 0 Å². The molecule has 1 heterocycles. The summed E-state index contributed by atoms with van der Waals surface area (Å²) in [5, 5.41) is 3.34. The molecule has 2 aromatic rings. The van der Waals surface area contributed by atoms with Gasteiger partial charge in [-0.05, 0) is 54.8 Å². The maximum atomic E-state index is 13.2. The van der Waals surface area contributed by atoms with Crippen molar-refractivity contribution in [1.29, 1.82) is 0 Å². The predicted octanol–water partition coefficient (Wildman–Crippen LogP) is 4.05. The number of pyridine rings is 1. The average Bonchev–Trinajstić information content (AvgIpc) is 2.46. The van der Waals surface area contributed by atoms with Crippen LogP contribution in [0.5, 0.6) is 0 Å². The molecule has 4 heteroatoms. The SMILES string of the molecule is CCc1cnccc1C(Cc1ccc(F)cc1Br)NC. The van der Waals surface area contributed by atoms with Crippen LogP contribution in [-0.2, 0) is 12.8 Å². The van der Waals surface area contributed by atoms with E-state index in [0.29, 0.717) is 0 Å². The lowest BCUT2D eigenvalue weighted by molar-refractivity contribution is 0.582. The van der Waals surface area contributed by atoms with Gasteiger partial charge >= 0.3 is 0 Å². The molecule has 0 fully saturated rings. The van der Waals surface area contributed by atoms with Gasteiger partial charge in [-0.15, -0.1) is 0 Å². The number of aryl methyl sites for hydroxylation is 1. The number of aromatic nitrogens is 1. The summed E-state index contributed by atoms with van der Waals surface area (Å²) in [7, 11) is 1.95. The lowest BCUT2D eigenvalue weighted by atomic mass is 9.95. The fourth-order valence-corrected chi connectivity index (χ4v) is 2.86. The highest BCUT2D eigenvalue weighted by molar-refractivity contribution is 9.10. The Hall–Kier alpha value is -1.26. The van der Waals surface area contributed by atoms with Crippen LogP contribution < -0.4 is 5.32 Å². The van der Waals surface area contributed by atoms with E-state index in [0.717, 1.165) is 22.9 Å². The third-order valence-electron chi connectivity index (χ3n) is 3.49. The minimum Gasteiger partial charge on any atom is -0.313 e. The van der Waals surface area contributed by atoms with Crippen molar-refractivity contribution in [1.82, 2.24) is 10.3 Å². The molecular formula is C16H18BrFN2. The van der Waals surface area contributed by atoms with E-state index in [1.807, 2.05) is 25.5 Å². The Balaban J connectivity index is 2.29. The maximum absolute atomic E-state index is 13.2. The van der Waals surface area contributed by atoms with Gasteiger partial charge in [0.25, 0.3) is 0 Å². The molecule has 1 aromatic carbocycles. The van der Waals surface area contributed by atoms with Crippen LogP contribution in [0.1, 0.15) is 29.7 Å². The van der Waals surface area contributed by atoms with E-state index in [2.05, 4.69) is 39.2 Å². The van der Waals surface area contributed by atoms with Crippen LogP contribution in [-0.4, -0.2) is 12.0 Å². The molecule has 1 atom stereocenters. The zero-order chi connectivity index (χ0) is 14.5. The summed E-state index contributed by atoms with van der Waals surface area (Å²) in [6.45, 7) is 2.13. The molecule has 0 aliphatic heterocycles. The molecule has 1 N–H and O–H groups in total. The maximum Gasteiger partial charge on any atom is 0.124 e. The number of hydrogen-bond acceptors (Lipinski definition) is 2. The fraction of sp³-hybridized carbons (Fsp3) is 0.312. The molecule has 2 rings (SSSR count). The van der Waals surface area contributed by atoms with Gasteiger partial charge in [0.1, 0.15) is 5.82 Å². The van der Waals surface area contributed by atoms with Gasteiger partial charge in [-0.1, -0.05) is 28.9 Å². The third-order valence-corrected chi connectivity index (χ3v) is 4.22. The molecule has 1 unspecified atom stereocenters. The molecule has 1 aromatic heterocycles. The second kappa shape index (κ2) is 6.95. The van der Waals surface area contributed by atoms with E-state index < -0.39 is 0 Å². The number of rotatable bonds is 5. The van der Waals surface area contributed by atoms with Gasteiger partial charge in [-0.2, -0.15) is 0 Å². The van der Waals surface area contributed by atoms with Gasteiger partial charge < -0.3 is 5.32 Å². The Morgan fingerprint density at radius 2 is 2.10 bits per heavy atom. The monoisotopic (exact) mass is 336 g/mol. The van der Waals surface area contributed by atoms with Gasteiger partial charge in [0.05, 0.1) is 0 Å². The number of nitrogens with zero attached hydrogens (tertiary/aromatic N) is 1. The highest BCUT2D eigenvalue weighted by atomic mass is 79.9. The molecule has 0 bridgehead atoms. The average molecular weight is 337 g/mol. The first-order chi connectivity index (χ1) is 9.65. The van der Waals surface area contributed by atoms with Crippen LogP contribution in [0.3, 0.4) is 0 Å². The van der Waals surface area contributed by atoms with Crippen LogP contribution in [0, 0.1) is 5.82 Å². The smallest absolute Gasteiger partial charge is 0.124 e. The third kappa shape index (κ3) is 3.44. The molecule has 0 saturated heterocycles. The van der Waals surface area contributed by atoms with E-state index in [4.69, 9.17) is 0 Å². The Morgan fingerprint density at radius 3 is 2.75 bits per heavy atom. The predicted molar refractivity (Wildman–Crippen MR) is 83.2 cm³/mol. The van der Waals surface area contributed by atoms with E-state index in [9.17, 15) is 4.39 Å². The van der Waals surface area contributed by atoms with Gasteiger partial charge in [0, 0.05) is 22.9 Å². The van der Waals surface area contributed by atoms with E-state index in [-0.39, 0.29) is 11.9 Å². The molecule has 106 valence electrons. The Morgan fingerprint density at radius 1 is 1.30 bits per heavy atom. The van der Waals surface area contributed by atoms with Gasteiger partial charge in [-0.25, -0.2) is 4.39 Å². The van der Waals surface area contributed by atoms with Crippen LogP contribution in [0.4, 0.5) is 4.39 Å². The summed E-state index contributed by atoms with van der Waals surface area (Å²) in [5.41, 5.74) is 3.58. The summed E-state index contributed by atoms with van der Waals surface area (Å²) in [6.07, 6.45) is 5.48. The van der Waals surface area contributed by atoms with Crippen LogP contribution in [0.15, 0.2) is 41.1 Å². The summed E-state index contributed by atoms with van der Waals surface area (Å²) in [5.74, 6) is -0.222. The van der Waals surface area contributed by atoms with Crippen molar-refractivity contribution in [3.05, 3.63) is 63.6 Å². The standard InChI is InChI=1S/C16H18BrFN2/c1-3-11-10-20-7-6-14(11)16(19-2)8-12-4-5-13(18)9-15(12)17/h4-7,9-10,16,19H,3,8H2,1-2H3. The molecule has 0 spiro atoms. The largest absolute Gasteiger partial charge is 0.313 e. The summed E-state index contributed by atoms with van der Waals surface area (Å²) >= 11 is 3.43. The number of halogens is 2. The first-order valence-electron chi connectivity index (χ1n) is 6.69. The van der Waals surface area contributed by atoms with E-state index in [1.165, 1.54) is 23.3 Å². The molecule has 20 heavy (non-hydrogen) atoms. The lowest BCUT2D eigenvalue weighted by Gasteiger charge is -2.20. The van der Waals surface area contributed by atoms with Crippen molar-refractivity contribution < 1.29 is 4.39 Å². The fourth-order valence-electron chi connectivity index (χ4n) is 2.35. The highest BCUT2D eigenvalue weighted by Gasteiger charge is 2.15. The first kappa shape index (κ1) is 15.1. The molecule has 0 amide bonds. The van der Waals surface area contributed by atoms with Crippen molar-refractivity contribution in [3.63, 3.8) is 0 Å². The molecule has 2 nitrogen and oxygen atoms in total. The lowest BCUT2D eigenvalue weighted by Crippen LogP contribution is -2.20. The number of likely N-dealkylation sites (N-methyl/N-ethyl adjacent to an activating group) is 1. The Kier molecular flexibility index (Phi) is 5.26. The zero-order valence-electron chi connectivity index (χ0n) is 11.7. The topological polar surface area (TPSA) is 24.9 Å². The van der Waals surface area contributed by atoms with E-state index >= 15 is 0 Å². The number of benzene rings is 1. The number of hydrogen-bond donors (Lipinski definition) is 1.